The third kappa shape index (κ3) is 7.31. The van der Waals surface area contributed by atoms with Gasteiger partial charge in [0.2, 0.25) is 0 Å². The van der Waals surface area contributed by atoms with Gasteiger partial charge in [0.25, 0.3) is 0 Å². The fourth-order valence-corrected chi connectivity index (χ4v) is 0.770. The molecule has 0 unspecified atom stereocenters. The van der Waals surface area contributed by atoms with Gasteiger partial charge in [0.05, 0.1) is 0 Å². The van der Waals surface area contributed by atoms with E-state index >= 15 is 0 Å². The van der Waals surface area contributed by atoms with Crippen LogP contribution in [0.15, 0.2) is 12.2 Å². The van der Waals surface area contributed by atoms with Crippen LogP contribution in [0.3, 0.4) is 0 Å². The fourth-order valence-electron chi connectivity index (χ4n) is 0.770. The summed E-state index contributed by atoms with van der Waals surface area (Å²) in [5.41, 5.74) is 0. The average Bonchev–Trinajstić information content (AvgIpc) is 1.82. The quantitative estimate of drug-likeness (QED) is 0.569. The van der Waals surface area contributed by atoms with Crippen molar-refractivity contribution in [2.75, 3.05) is 0 Å². The number of allylic oxidation sites excluding steroid dienone is 2. The van der Waals surface area contributed by atoms with Crippen LogP contribution in [0.1, 0.15) is 34.1 Å². The highest BCUT2D eigenvalue weighted by Crippen LogP contribution is 2.02. The zero-order valence-electron chi connectivity index (χ0n) is 7.92. The van der Waals surface area contributed by atoms with E-state index in [-0.39, 0.29) is 5.78 Å². The molecule has 0 bridgehead atoms. The van der Waals surface area contributed by atoms with E-state index in [2.05, 4.69) is 27.7 Å². The van der Waals surface area contributed by atoms with Crippen molar-refractivity contribution < 1.29 is 4.79 Å². The molecule has 0 rings (SSSR count). The second kappa shape index (κ2) is 5.11. The van der Waals surface area contributed by atoms with Gasteiger partial charge in [-0.05, 0) is 17.9 Å². The number of hydrogen-bond donors (Lipinski definition) is 0. The number of carbonyl (C=O) groups excluding carboxylic acids is 1. The van der Waals surface area contributed by atoms with Gasteiger partial charge in [-0.3, -0.25) is 4.79 Å². The van der Waals surface area contributed by atoms with Crippen molar-refractivity contribution in [1.29, 1.82) is 0 Å². The summed E-state index contributed by atoms with van der Waals surface area (Å²) in [5.74, 6) is 1.19. The Balaban J connectivity index is 3.69. The normalized spacial score (nSPS) is 11.8. The lowest BCUT2D eigenvalue weighted by molar-refractivity contribution is -0.115. The van der Waals surface area contributed by atoms with Crippen LogP contribution >= 0.6 is 0 Å². The van der Waals surface area contributed by atoms with Crippen LogP contribution in [0, 0.1) is 11.8 Å². The minimum atomic E-state index is 0.244. The average molecular weight is 154 g/mol. The first-order valence-corrected chi connectivity index (χ1v) is 4.23. The maximum Gasteiger partial charge on any atom is 0.155 e. The minimum Gasteiger partial charge on any atom is -0.295 e. The molecule has 0 heterocycles. The SMILES string of the molecule is CC(C)/C=C/C(=O)CC(C)C. The smallest absolute Gasteiger partial charge is 0.155 e. The second-order valence-corrected chi connectivity index (χ2v) is 3.67. The Morgan fingerprint density at radius 2 is 1.82 bits per heavy atom. The van der Waals surface area contributed by atoms with E-state index in [0.717, 1.165) is 0 Å². The van der Waals surface area contributed by atoms with Gasteiger partial charge in [-0.25, -0.2) is 0 Å². The molecule has 0 N–H and O–H groups in total. The van der Waals surface area contributed by atoms with Crippen LogP contribution in [0.2, 0.25) is 0 Å². The van der Waals surface area contributed by atoms with Crippen LogP contribution in [0.5, 0.6) is 0 Å². The van der Waals surface area contributed by atoms with Crippen molar-refractivity contribution in [1.82, 2.24) is 0 Å². The summed E-state index contributed by atoms with van der Waals surface area (Å²) in [6.45, 7) is 8.25. The molecule has 0 spiro atoms. The van der Waals surface area contributed by atoms with Crippen LogP contribution in [0.25, 0.3) is 0 Å². The molecule has 0 aromatic carbocycles. The van der Waals surface area contributed by atoms with Crippen molar-refractivity contribution in [3.8, 4) is 0 Å². The Bertz CT molecular complexity index is 143. The van der Waals surface area contributed by atoms with E-state index in [1.54, 1.807) is 6.08 Å². The van der Waals surface area contributed by atoms with Gasteiger partial charge in [-0.2, -0.15) is 0 Å². The summed E-state index contributed by atoms with van der Waals surface area (Å²) in [5, 5.41) is 0. The molecule has 0 aliphatic rings. The first-order valence-electron chi connectivity index (χ1n) is 4.23. The maximum absolute atomic E-state index is 11.1. The predicted octanol–water partition coefficient (Wildman–Crippen LogP) is 2.81. The lowest BCUT2D eigenvalue weighted by atomic mass is 10.1. The molecule has 0 fully saturated rings. The third-order valence-electron chi connectivity index (χ3n) is 1.28. The third-order valence-corrected chi connectivity index (χ3v) is 1.28. The van der Waals surface area contributed by atoms with Crippen molar-refractivity contribution in [2.45, 2.75) is 34.1 Å². The monoisotopic (exact) mass is 154 g/mol. The molecule has 0 saturated carbocycles. The van der Waals surface area contributed by atoms with Gasteiger partial charge in [-0.1, -0.05) is 33.8 Å². The number of ketones is 1. The molecule has 64 valence electrons. The lowest BCUT2D eigenvalue weighted by Crippen LogP contribution is -1.98. The molecule has 0 aromatic heterocycles. The Hall–Kier alpha value is -0.590. The van der Waals surface area contributed by atoms with Crippen molar-refractivity contribution in [2.24, 2.45) is 11.8 Å². The Kier molecular flexibility index (Phi) is 4.84. The molecule has 0 saturated heterocycles. The molecule has 11 heavy (non-hydrogen) atoms. The Morgan fingerprint density at radius 1 is 1.27 bits per heavy atom. The van der Waals surface area contributed by atoms with Gasteiger partial charge in [0.15, 0.2) is 5.78 Å². The molecule has 0 aromatic rings. The van der Waals surface area contributed by atoms with Crippen molar-refractivity contribution in [3.05, 3.63) is 12.2 Å². The summed E-state index contributed by atoms with van der Waals surface area (Å²) in [7, 11) is 0. The molecule has 0 radical (unpaired) electrons. The molecule has 0 atom stereocenters. The van der Waals surface area contributed by atoms with Crippen LogP contribution in [-0.4, -0.2) is 5.78 Å². The van der Waals surface area contributed by atoms with E-state index in [4.69, 9.17) is 0 Å². The summed E-state index contributed by atoms with van der Waals surface area (Å²) < 4.78 is 0. The van der Waals surface area contributed by atoms with E-state index in [9.17, 15) is 4.79 Å². The maximum atomic E-state index is 11.1. The number of rotatable bonds is 4. The summed E-state index contributed by atoms with van der Waals surface area (Å²) >= 11 is 0. The molecule has 0 aliphatic carbocycles. The number of carbonyl (C=O) groups is 1. The first kappa shape index (κ1) is 10.4. The van der Waals surface area contributed by atoms with E-state index in [1.165, 1.54) is 0 Å². The topological polar surface area (TPSA) is 17.1 Å². The molecule has 0 amide bonds. The Morgan fingerprint density at radius 3 is 2.18 bits per heavy atom. The zero-order chi connectivity index (χ0) is 8.85. The highest BCUT2D eigenvalue weighted by molar-refractivity contribution is 5.89. The lowest BCUT2D eigenvalue weighted by Gasteiger charge is -1.99. The fraction of sp³-hybridized carbons (Fsp3) is 0.700. The van der Waals surface area contributed by atoms with Crippen LogP contribution in [0.4, 0.5) is 0 Å². The molecule has 0 aliphatic heterocycles. The second-order valence-electron chi connectivity index (χ2n) is 3.67. The zero-order valence-corrected chi connectivity index (χ0v) is 7.92. The summed E-state index contributed by atoms with van der Waals surface area (Å²) in [4.78, 5) is 11.1. The largest absolute Gasteiger partial charge is 0.295 e. The van der Waals surface area contributed by atoms with Crippen LogP contribution < -0.4 is 0 Å². The minimum absolute atomic E-state index is 0.244. The molecular weight excluding hydrogens is 136 g/mol. The number of hydrogen-bond acceptors (Lipinski definition) is 1. The van der Waals surface area contributed by atoms with Gasteiger partial charge in [-0.15, -0.1) is 0 Å². The first-order chi connectivity index (χ1) is 5.02. The molecule has 1 nitrogen and oxygen atoms in total. The van der Waals surface area contributed by atoms with Crippen molar-refractivity contribution >= 4 is 5.78 Å². The summed E-state index contributed by atoms with van der Waals surface area (Å²) in [6.07, 6.45) is 4.32. The van der Waals surface area contributed by atoms with Gasteiger partial charge in [0, 0.05) is 6.42 Å². The highest BCUT2D eigenvalue weighted by Gasteiger charge is 1.99. The van der Waals surface area contributed by atoms with Gasteiger partial charge in [0.1, 0.15) is 0 Å². The van der Waals surface area contributed by atoms with E-state index < -0.39 is 0 Å². The van der Waals surface area contributed by atoms with Gasteiger partial charge >= 0.3 is 0 Å². The molecular formula is C10H18O. The predicted molar refractivity (Wildman–Crippen MR) is 48.4 cm³/mol. The van der Waals surface area contributed by atoms with Crippen LogP contribution in [-0.2, 0) is 4.79 Å². The highest BCUT2D eigenvalue weighted by atomic mass is 16.1. The van der Waals surface area contributed by atoms with Gasteiger partial charge < -0.3 is 0 Å². The molecule has 1 heteroatoms. The van der Waals surface area contributed by atoms with E-state index in [0.29, 0.717) is 18.3 Å². The van der Waals surface area contributed by atoms with Crippen molar-refractivity contribution in [3.63, 3.8) is 0 Å². The Labute approximate surface area is 69.5 Å². The summed E-state index contributed by atoms with van der Waals surface area (Å²) in [6, 6.07) is 0. The standard InChI is InChI=1S/C10H18O/c1-8(2)5-6-10(11)7-9(3)4/h5-6,8-9H,7H2,1-4H3/b6-5+. The van der Waals surface area contributed by atoms with E-state index in [1.807, 2.05) is 6.08 Å².